The van der Waals surface area contributed by atoms with Gasteiger partial charge >= 0.3 is 0 Å². The number of rotatable bonds is 5. The summed E-state index contributed by atoms with van der Waals surface area (Å²) in [5.74, 6) is -0.00741. The highest BCUT2D eigenvalue weighted by atomic mass is 16.2. The molecule has 0 aromatic carbocycles. The van der Waals surface area contributed by atoms with Crippen LogP contribution < -0.4 is 0 Å². The number of carbonyl (C=O) groups is 1. The van der Waals surface area contributed by atoms with E-state index in [0.29, 0.717) is 18.8 Å². The van der Waals surface area contributed by atoms with Crippen LogP contribution in [0.3, 0.4) is 0 Å². The maximum Gasteiger partial charge on any atom is 0.272 e. The molecule has 6 heteroatoms. The zero-order valence-electron chi connectivity index (χ0n) is 14.6. The van der Waals surface area contributed by atoms with Crippen molar-refractivity contribution < 1.29 is 4.79 Å². The fourth-order valence-electron chi connectivity index (χ4n) is 3.22. The average molecular weight is 327 g/mol. The summed E-state index contributed by atoms with van der Waals surface area (Å²) in [5, 5.41) is 0. The second kappa shape index (κ2) is 7.13. The van der Waals surface area contributed by atoms with Gasteiger partial charge in [-0.2, -0.15) is 0 Å². The van der Waals surface area contributed by atoms with E-state index in [-0.39, 0.29) is 11.9 Å². The third-order valence-electron chi connectivity index (χ3n) is 4.70. The number of nitrogens with zero attached hydrogens (tertiary/aromatic N) is 5. The summed E-state index contributed by atoms with van der Waals surface area (Å²) in [6, 6.07) is 3.97. The van der Waals surface area contributed by atoms with Gasteiger partial charge in [0.1, 0.15) is 5.69 Å². The second-order valence-corrected chi connectivity index (χ2v) is 6.34. The first-order valence-corrected chi connectivity index (χ1v) is 8.57. The molecule has 2 aromatic heterocycles. The van der Waals surface area contributed by atoms with Crippen LogP contribution in [-0.2, 0) is 6.54 Å². The van der Waals surface area contributed by atoms with Gasteiger partial charge in [0.05, 0.1) is 24.6 Å². The molecule has 24 heavy (non-hydrogen) atoms. The van der Waals surface area contributed by atoms with Crippen LogP contribution in [0.5, 0.6) is 0 Å². The number of amides is 1. The number of imidazole rings is 1. The van der Waals surface area contributed by atoms with Gasteiger partial charge in [-0.25, -0.2) is 4.98 Å². The number of hydrogen-bond acceptors (Lipinski definition) is 4. The molecule has 1 aliphatic rings. The molecule has 3 heterocycles. The van der Waals surface area contributed by atoms with Gasteiger partial charge in [0.2, 0.25) is 0 Å². The second-order valence-electron chi connectivity index (χ2n) is 6.34. The zero-order chi connectivity index (χ0) is 17.1. The van der Waals surface area contributed by atoms with E-state index in [2.05, 4.69) is 33.3 Å². The van der Waals surface area contributed by atoms with E-state index in [1.165, 1.54) is 0 Å². The van der Waals surface area contributed by atoms with Gasteiger partial charge in [-0.05, 0) is 31.6 Å². The molecule has 6 nitrogen and oxygen atoms in total. The molecule has 1 unspecified atom stereocenters. The van der Waals surface area contributed by atoms with E-state index in [1.54, 1.807) is 6.20 Å². The van der Waals surface area contributed by atoms with Gasteiger partial charge < -0.3 is 14.4 Å². The standard InChI is InChI=1S/C18H25N5O/c1-4-21(5-2)10-16-12-22(11-15-9-19-13-23(15)16)18(24)17-7-6-14(3)8-20-17/h6-9,13,16H,4-5,10-12H2,1-3H3. The Hall–Kier alpha value is -2.21. The molecule has 1 aliphatic heterocycles. The van der Waals surface area contributed by atoms with Crippen LogP contribution >= 0.6 is 0 Å². The van der Waals surface area contributed by atoms with Crippen LogP contribution in [0.1, 0.15) is 41.6 Å². The number of aromatic nitrogens is 3. The third kappa shape index (κ3) is 3.33. The summed E-state index contributed by atoms with van der Waals surface area (Å²) in [7, 11) is 0. The molecular formula is C18H25N5O. The minimum Gasteiger partial charge on any atom is -0.329 e. The number of hydrogen-bond donors (Lipinski definition) is 0. The van der Waals surface area contributed by atoms with E-state index < -0.39 is 0 Å². The topological polar surface area (TPSA) is 54.3 Å². The quantitative estimate of drug-likeness (QED) is 0.844. The van der Waals surface area contributed by atoms with Crippen LogP contribution in [0.25, 0.3) is 0 Å². The van der Waals surface area contributed by atoms with E-state index in [0.717, 1.165) is 30.9 Å². The molecule has 2 aromatic rings. The van der Waals surface area contributed by atoms with E-state index in [1.807, 2.05) is 36.5 Å². The molecular weight excluding hydrogens is 302 g/mol. The van der Waals surface area contributed by atoms with Crippen LogP contribution in [-0.4, -0.2) is 56.4 Å². The normalized spacial score (nSPS) is 17.2. The molecule has 0 radical (unpaired) electrons. The first kappa shape index (κ1) is 16.6. The number of fused-ring (bicyclic) bond motifs is 1. The van der Waals surface area contributed by atoms with Crippen molar-refractivity contribution in [1.82, 2.24) is 24.3 Å². The van der Waals surface area contributed by atoms with Crippen LogP contribution in [0.2, 0.25) is 0 Å². The molecule has 1 atom stereocenters. The van der Waals surface area contributed by atoms with E-state index in [9.17, 15) is 4.79 Å². The Balaban J connectivity index is 1.81. The maximum atomic E-state index is 12.8. The molecule has 0 aliphatic carbocycles. The lowest BCUT2D eigenvalue weighted by molar-refractivity contribution is 0.0649. The Kier molecular flexibility index (Phi) is 4.94. The van der Waals surface area contributed by atoms with Gasteiger partial charge in [-0.1, -0.05) is 19.9 Å². The summed E-state index contributed by atoms with van der Waals surface area (Å²) in [5.41, 5.74) is 2.65. The first-order chi connectivity index (χ1) is 11.6. The summed E-state index contributed by atoms with van der Waals surface area (Å²) in [6.07, 6.45) is 5.49. The van der Waals surface area contributed by atoms with Gasteiger partial charge in [-0.15, -0.1) is 0 Å². The van der Waals surface area contributed by atoms with Gasteiger partial charge in [0.15, 0.2) is 0 Å². The summed E-state index contributed by atoms with van der Waals surface area (Å²) in [6.45, 7) is 10.5. The fraction of sp³-hybridized carbons (Fsp3) is 0.500. The van der Waals surface area contributed by atoms with E-state index in [4.69, 9.17) is 0 Å². The summed E-state index contributed by atoms with van der Waals surface area (Å²) in [4.78, 5) is 25.7. The van der Waals surface area contributed by atoms with Crippen LogP contribution in [0, 0.1) is 6.92 Å². The monoisotopic (exact) mass is 327 g/mol. The van der Waals surface area contributed by atoms with Crippen molar-refractivity contribution in [3.63, 3.8) is 0 Å². The van der Waals surface area contributed by atoms with Gasteiger partial charge in [-0.3, -0.25) is 9.78 Å². The van der Waals surface area contributed by atoms with Crippen molar-refractivity contribution in [3.8, 4) is 0 Å². The molecule has 3 rings (SSSR count). The molecule has 0 saturated carbocycles. The Morgan fingerprint density at radius 3 is 2.75 bits per heavy atom. The Morgan fingerprint density at radius 1 is 1.29 bits per heavy atom. The molecule has 1 amide bonds. The SMILES string of the molecule is CCN(CC)CC1CN(C(=O)c2ccc(C)cn2)Cc2cncn21. The van der Waals surface area contributed by atoms with Gasteiger partial charge in [0, 0.05) is 25.5 Å². The Bertz CT molecular complexity index is 690. The largest absolute Gasteiger partial charge is 0.329 e. The lowest BCUT2D eigenvalue weighted by Gasteiger charge is -2.36. The van der Waals surface area contributed by atoms with E-state index >= 15 is 0 Å². The minimum absolute atomic E-state index is 0.00741. The summed E-state index contributed by atoms with van der Waals surface area (Å²) >= 11 is 0. The molecule has 0 spiro atoms. The van der Waals surface area contributed by atoms with Crippen LogP contribution in [0.4, 0.5) is 0 Å². The predicted molar refractivity (Wildman–Crippen MR) is 92.8 cm³/mol. The molecule has 128 valence electrons. The molecule has 0 bridgehead atoms. The van der Waals surface area contributed by atoms with Crippen molar-refractivity contribution in [3.05, 3.63) is 47.8 Å². The highest BCUT2D eigenvalue weighted by Crippen LogP contribution is 2.23. The molecule has 0 N–H and O–H groups in total. The Labute approximate surface area is 143 Å². The van der Waals surface area contributed by atoms with Crippen molar-refractivity contribution >= 4 is 5.91 Å². The lowest BCUT2D eigenvalue weighted by atomic mass is 10.1. The molecule has 0 fully saturated rings. The predicted octanol–water partition coefficient (Wildman–Crippen LogP) is 2.13. The molecule has 0 saturated heterocycles. The Morgan fingerprint density at radius 2 is 2.08 bits per heavy atom. The van der Waals surface area contributed by atoms with Crippen molar-refractivity contribution in [1.29, 1.82) is 0 Å². The summed E-state index contributed by atoms with van der Waals surface area (Å²) < 4.78 is 2.21. The number of aryl methyl sites for hydroxylation is 1. The number of pyridine rings is 1. The average Bonchev–Trinajstić information content (AvgIpc) is 3.08. The maximum absolute atomic E-state index is 12.8. The third-order valence-corrected chi connectivity index (χ3v) is 4.70. The van der Waals surface area contributed by atoms with Crippen molar-refractivity contribution in [2.45, 2.75) is 33.4 Å². The highest BCUT2D eigenvalue weighted by molar-refractivity contribution is 5.92. The van der Waals surface area contributed by atoms with Gasteiger partial charge in [0.25, 0.3) is 5.91 Å². The first-order valence-electron chi connectivity index (χ1n) is 8.57. The highest BCUT2D eigenvalue weighted by Gasteiger charge is 2.29. The number of likely N-dealkylation sites (N-methyl/N-ethyl adjacent to an activating group) is 1. The smallest absolute Gasteiger partial charge is 0.272 e. The zero-order valence-corrected chi connectivity index (χ0v) is 14.6. The minimum atomic E-state index is -0.00741. The fourth-order valence-corrected chi connectivity index (χ4v) is 3.22. The van der Waals surface area contributed by atoms with Crippen molar-refractivity contribution in [2.24, 2.45) is 0 Å². The lowest BCUT2D eigenvalue weighted by Crippen LogP contribution is -2.45. The van der Waals surface area contributed by atoms with Crippen LogP contribution in [0.15, 0.2) is 30.9 Å². The van der Waals surface area contributed by atoms with Crippen molar-refractivity contribution in [2.75, 3.05) is 26.2 Å². The number of carbonyl (C=O) groups excluding carboxylic acids is 1.